The summed E-state index contributed by atoms with van der Waals surface area (Å²) in [6.07, 6.45) is 0.320. The molecule has 0 fully saturated rings. The molecule has 0 unspecified atom stereocenters. The number of rotatable bonds is 2. The molecule has 0 bridgehead atoms. The van der Waals surface area contributed by atoms with Gasteiger partial charge in [-0.3, -0.25) is 4.79 Å². The van der Waals surface area contributed by atoms with Crippen LogP contribution in [0, 0.1) is 0 Å². The molecule has 4 nitrogen and oxygen atoms in total. The van der Waals surface area contributed by atoms with Crippen LogP contribution >= 0.6 is 11.6 Å². The fourth-order valence-corrected chi connectivity index (χ4v) is 1.94. The summed E-state index contributed by atoms with van der Waals surface area (Å²) in [5.41, 5.74) is 7.93. The van der Waals surface area contributed by atoms with Crippen molar-refractivity contribution in [2.45, 2.75) is 12.5 Å². The van der Waals surface area contributed by atoms with Crippen LogP contribution in [0.2, 0.25) is 5.02 Å². The minimum absolute atomic E-state index is 0.0679. The Labute approximate surface area is 92.0 Å². The average Bonchev–Trinajstić information content (AvgIpc) is 2.58. The largest absolute Gasteiger partial charge is 0.394 e. The van der Waals surface area contributed by atoms with Crippen molar-refractivity contribution >= 4 is 23.2 Å². The van der Waals surface area contributed by atoms with Crippen LogP contribution in [-0.4, -0.2) is 17.6 Å². The molecule has 0 aromatic heterocycles. The third-order valence-electron chi connectivity index (χ3n) is 2.43. The number of aliphatic hydroxyl groups excluding tert-OH is 1. The van der Waals surface area contributed by atoms with Gasteiger partial charge in [0, 0.05) is 0 Å². The monoisotopic (exact) mass is 226 g/mol. The van der Waals surface area contributed by atoms with E-state index in [2.05, 4.69) is 5.32 Å². The summed E-state index contributed by atoms with van der Waals surface area (Å²) in [6.45, 7) is -0.142. The maximum atomic E-state index is 11.2. The zero-order chi connectivity index (χ0) is 11.0. The first-order chi connectivity index (χ1) is 7.11. The maximum Gasteiger partial charge on any atom is 0.228 e. The topological polar surface area (TPSA) is 75.3 Å². The molecule has 0 saturated carbocycles. The van der Waals surface area contributed by atoms with Crippen LogP contribution in [0.15, 0.2) is 12.1 Å². The van der Waals surface area contributed by atoms with E-state index in [0.29, 0.717) is 17.1 Å². The van der Waals surface area contributed by atoms with Gasteiger partial charge in [-0.2, -0.15) is 0 Å². The Morgan fingerprint density at radius 1 is 1.60 bits per heavy atom. The van der Waals surface area contributed by atoms with Crippen LogP contribution < -0.4 is 11.1 Å². The summed E-state index contributed by atoms with van der Waals surface area (Å²) in [6, 6.07) is 3.02. The van der Waals surface area contributed by atoms with Crippen LogP contribution in [0.25, 0.3) is 0 Å². The molecular formula is C10H11ClN2O2. The number of amides is 1. The van der Waals surface area contributed by atoms with Gasteiger partial charge in [0.1, 0.15) is 0 Å². The van der Waals surface area contributed by atoms with Gasteiger partial charge in [0.25, 0.3) is 0 Å². The molecule has 1 aromatic rings. The van der Waals surface area contributed by atoms with E-state index >= 15 is 0 Å². The number of aliphatic hydroxyl groups is 1. The summed E-state index contributed by atoms with van der Waals surface area (Å²) in [5.74, 6) is -0.0679. The van der Waals surface area contributed by atoms with E-state index in [9.17, 15) is 4.79 Å². The Bertz CT molecular complexity index is 420. The molecule has 1 aromatic carbocycles. The molecule has 1 atom stereocenters. The number of anilines is 1. The van der Waals surface area contributed by atoms with Gasteiger partial charge in [0.15, 0.2) is 0 Å². The smallest absolute Gasteiger partial charge is 0.228 e. The Balaban J connectivity index is 2.44. The fourth-order valence-electron chi connectivity index (χ4n) is 1.64. The SMILES string of the molecule is N[C@H](CO)c1cc(Cl)c2c(c1)CC(=O)N2. The zero-order valence-electron chi connectivity index (χ0n) is 7.96. The third kappa shape index (κ3) is 1.84. The van der Waals surface area contributed by atoms with Crippen molar-refractivity contribution in [2.75, 3.05) is 11.9 Å². The Hall–Kier alpha value is -1.10. The van der Waals surface area contributed by atoms with Gasteiger partial charge in [-0.25, -0.2) is 0 Å². The second-order valence-electron chi connectivity index (χ2n) is 3.55. The summed E-state index contributed by atoms with van der Waals surface area (Å²) >= 11 is 5.99. The van der Waals surface area contributed by atoms with E-state index < -0.39 is 6.04 Å². The minimum Gasteiger partial charge on any atom is -0.394 e. The average molecular weight is 227 g/mol. The molecule has 2 rings (SSSR count). The Kier molecular flexibility index (Phi) is 2.65. The van der Waals surface area contributed by atoms with Crippen molar-refractivity contribution in [1.82, 2.24) is 0 Å². The highest BCUT2D eigenvalue weighted by Crippen LogP contribution is 2.33. The summed E-state index contributed by atoms with van der Waals surface area (Å²) < 4.78 is 0. The van der Waals surface area contributed by atoms with Gasteiger partial charge >= 0.3 is 0 Å². The molecule has 1 heterocycles. The molecule has 80 valence electrons. The van der Waals surface area contributed by atoms with Gasteiger partial charge in [-0.15, -0.1) is 0 Å². The van der Waals surface area contributed by atoms with E-state index in [0.717, 1.165) is 11.1 Å². The first-order valence-electron chi connectivity index (χ1n) is 4.60. The number of halogens is 1. The lowest BCUT2D eigenvalue weighted by atomic mass is 10.0. The van der Waals surface area contributed by atoms with Crippen LogP contribution in [0.1, 0.15) is 17.2 Å². The van der Waals surface area contributed by atoms with Gasteiger partial charge in [-0.05, 0) is 17.2 Å². The summed E-state index contributed by atoms with van der Waals surface area (Å²) in [7, 11) is 0. The lowest BCUT2D eigenvalue weighted by Crippen LogP contribution is -2.14. The minimum atomic E-state index is -0.455. The number of carbonyl (C=O) groups excluding carboxylic acids is 1. The Morgan fingerprint density at radius 3 is 3.00 bits per heavy atom. The van der Waals surface area contributed by atoms with E-state index in [1.807, 2.05) is 0 Å². The highest BCUT2D eigenvalue weighted by Gasteiger charge is 2.22. The first kappa shape index (κ1) is 10.4. The first-order valence-corrected chi connectivity index (χ1v) is 4.98. The lowest BCUT2D eigenvalue weighted by molar-refractivity contribution is -0.115. The summed E-state index contributed by atoms with van der Waals surface area (Å²) in [4.78, 5) is 11.2. The zero-order valence-corrected chi connectivity index (χ0v) is 8.71. The molecule has 1 amide bonds. The molecule has 0 saturated heterocycles. The van der Waals surface area contributed by atoms with E-state index in [1.165, 1.54) is 0 Å². The maximum absolute atomic E-state index is 11.2. The second kappa shape index (κ2) is 3.81. The third-order valence-corrected chi connectivity index (χ3v) is 2.73. The number of fused-ring (bicyclic) bond motifs is 1. The predicted molar refractivity (Wildman–Crippen MR) is 57.8 cm³/mol. The molecular weight excluding hydrogens is 216 g/mol. The highest BCUT2D eigenvalue weighted by atomic mass is 35.5. The van der Waals surface area contributed by atoms with E-state index in [1.54, 1.807) is 12.1 Å². The molecule has 1 aliphatic heterocycles. The highest BCUT2D eigenvalue weighted by molar-refractivity contribution is 6.34. The lowest BCUT2D eigenvalue weighted by Gasteiger charge is -2.11. The molecule has 0 radical (unpaired) electrons. The van der Waals surface area contributed by atoms with Crippen molar-refractivity contribution in [2.24, 2.45) is 5.73 Å². The van der Waals surface area contributed by atoms with Crippen LogP contribution in [-0.2, 0) is 11.2 Å². The van der Waals surface area contributed by atoms with Gasteiger partial charge < -0.3 is 16.2 Å². The quantitative estimate of drug-likeness (QED) is 0.699. The molecule has 5 heteroatoms. The van der Waals surface area contributed by atoms with E-state index in [-0.39, 0.29) is 12.5 Å². The van der Waals surface area contributed by atoms with Crippen LogP contribution in [0.3, 0.4) is 0 Å². The van der Waals surface area contributed by atoms with Crippen molar-refractivity contribution in [3.63, 3.8) is 0 Å². The van der Waals surface area contributed by atoms with Crippen molar-refractivity contribution in [1.29, 1.82) is 0 Å². The predicted octanol–water partition coefficient (Wildman–Crippen LogP) is 0.827. The van der Waals surface area contributed by atoms with Crippen LogP contribution in [0.5, 0.6) is 0 Å². The fraction of sp³-hybridized carbons (Fsp3) is 0.300. The molecule has 4 N–H and O–H groups in total. The number of nitrogens with two attached hydrogens (primary N) is 1. The van der Waals surface area contributed by atoms with Crippen molar-refractivity contribution < 1.29 is 9.90 Å². The summed E-state index contributed by atoms with van der Waals surface area (Å²) in [5, 5.41) is 12.1. The van der Waals surface area contributed by atoms with Gasteiger partial charge in [0.2, 0.25) is 5.91 Å². The number of hydrogen-bond acceptors (Lipinski definition) is 3. The Morgan fingerprint density at radius 2 is 2.33 bits per heavy atom. The number of hydrogen-bond donors (Lipinski definition) is 3. The van der Waals surface area contributed by atoms with Crippen molar-refractivity contribution in [3.05, 3.63) is 28.3 Å². The molecule has 1 aliphatic rings. The number of nitrogens with one attached hydrogen (secondary N) is 1. The normalized spacial score (nSPS) is 16.1. The number of benzene rings is 1. The van der Waals surface area contributed by atoms with Crippen LogP contribution in [0.4, 0.5) is 5.69 Å². The van der Waals surface area contributed by atoms with Crippen molar-refractivity contribution in [3.8, 4) is 0 Å². The van der Waals surface area contributed by atoms with E-state index in [4.69, 9.17) is 22.4 Å². The molecule has 0 aliphatic carbocycles. The molecule has 15 heavy (non-hydrogen) atoms. The van der Waals surface area contributed by atoms with Gasteiger partial charge in [-0.1, -0.05) is 17.7 Å². The second-order valence-corrected chi connectivity index (χ2v) is 3.96. The standard InChI is InChI=1S/C10H11ClN2O2/c11-7-2-5(8(12)4-14)1-6-3-9(15)13-10(6)7/h1-2,8,14H,3-4,12H2,(H,13,15)/t8-/m1/s1. The molecule has 0 spiro atoms. The number of carbonyl (C=O) groups is 1. The van der Waals surface area contributed by atoms with Gasteiger partial charge in [0.05, 0.1) is 29.8 Å².